The van der Waals surface area contributed by atoms with Gasteiger partial charge in [-0.1, -0.05) is 23.5 Å². The van der Waals surface area contributed by atoms with E-state index >= 15 is 0 Å². The molecule has 8 heteroatoms. The molecule has 0 aliphatic carbocycles. The summed E-state index contributed by atoms with van der Waals surface area (Å²) in [6.07, 6.45) is 4.14. The molecule has 0 saturated carbocycles. The summed E-state index contributed by atoms with van der Waals surface area (Å²) >= 11 is 1.48. The SMILES string of the molecule is O=C(Cc1ncc2ccc(-c3nncs3)cc2n1)c1ccc(OC2CCNCC2)cc1. The van der Waals surface area contributed by atoms with E-state index in [1.165, 1.54) is 11.3 Å². The first-order chi connectivity index (χ1) is 15.2. The average molecular weight is 432 g/mol. The highest BCUT2D eigenvalue weighted by molar-refractivity contribution is 7.12. The van der Waals surface area contributed by atoms with Gasteiger partial charge in [-0.05, 0) is 56.3 Å². The van der Waals surface area contributed by atoms with Crippen molar-refractivity contribution in [1.29, 1.82) is 0 Å². The number of rotatable bonds is 6. The summed E-state index contributed by atoms with van der Waals surface area (Å²) in [7, 11) is 0. The lowest BCUT2D eigenvalue weighted by atomic mass is 10.1. The number of hydrogen-bond acceptors (Lipinski definition) is 8. The number of fused-ring (bicyclic) bond motifs is 1. The number of carbonyl (C=O) groups is 1. The summed E-state index contributed by atoms with van der Waals surface area (Å²) in [5, 5.41) is 13.1. The van der Waals surface area contributed by atoms with Gasteiger partial charge in [-0.3, -0.25) is 4.79 Å². The van der Waals surface area contributed by atoms with Crippen LogP contribution in [-0.4, -0.2) is 45.1 Å². The van der Waals surface area contributed by atoms with Crippen LogP contribution in [0.3, 0.4) is 0 Å². The first-order valence-electron chi connectivity index (χ1n) is 10.3. The summed E-state index contributed by atoms with van der Waals surface area (Å²) in [6.45, 7) is 1.96. The zero-order chi connectivity index (χ0) is 21.0. The molecule has 0 radical (unpaired) electrons. The minimum atomic E-state index is -0.0203. The van der Waals surface area contributed by atoms with E-state index in [-0.39, 0.29) is 18.3 Å². The normalized spacial score (nSPS) is 14.6. The molecule has 1 aliphatic rings. The van der Waals surface area contributed by atoms with Gasteiger partial charge < -0.3 is 10.1 Å². The molecule has 1 N–H and O–H groups in total. The summed E-state index contributed by atoms with van der Waals surface area (Å²) in [4.78, 5) is 21.7. The van der Waals surface area contributed by atoms with Gasteiger partial charge in [-0.2, -0.15) is 0 Å². The molecule has 7 nitrogen and oxygen atoms in total. The van der Waals surface area contributed by atoms with Gasteiger partial charge in [0.15, 0.2) is 5.78 Å². The number of ether oxygens (including phenoxy) is 1. The van der Waals surface area contributed by atoms with Crippen molar-refractivity contribution < 1.29 is 9.53 Å². The molecule has 0 amide bonds. The lowest BCUT2D eigenvalue weighted by molar-refractivity contribution is 0.0991. The van der Waals surface area contributed by atoms with E-state index in [4.69, 9.17) is 4.74 Å². The lowest BCUT2D eigenvalue weighted by Crippen LogP contribution is -2.34. The Morgan fingerprint density at radius 1 is 1.13 bits per heavy atom. The monoisotopic (exact) mass is 431 g/mol. The number of carbonyl (C=O) groups excluding carboxylic acids is 1. The third kappa shape index (κ3) is 4.60. The molecule has 2 aromatic heterocycles. The van der Waals surface area contributed by atoms with Crippen molar-refractivity contribution in [2.45, 2.75) is 25.4 Å². The fourth-order valence-electron chi connectivity index (χ4n) is 3.65. The zero-order valence-corrected chi connectivity index (χ0v) is 17.6. The Kier molecular flexibility index (Phi) is 5.64. The highest BCUT2D eigenvalue weighted by atomic mass is 32.1. The van der Waals surface area contributed by atoms with Crippen LogP contribution in [0.5, 0.6) is 5.75 Å². The van der Waals surface area contributed by atoms with E-state index < -0.39 is 0 Å². The molecule has 0 atom stereocenters. The largest absolute Gasteiger partial charge is 0.490 e. The molecule has 0 bridgehead atoms. The molecule has 0 spiro atoms. The predicted molar refractivity (Wildman–Crippen MR) is 119 cm³/mol. The van der Waals surface area contributed by atoms with Crippen molar-refractivity contribution in [2.24, 2.45) is 0 Å². The summed E-state index contributed by atoms with van der Waals surface area (Å²) < 4.78 is 6.01. The maximum atomic E-state index is 12.8. The van der Waals surface area contributed by atoms with Gasteiger partial charge in [0.25, 0.3) is 0 Å². The second-order valence-electron chi connectivity index (χ2n) is 7.50. The van der Waals surface area contributed by atoms with E-state index in [0.717, 1.165) is 53.2 Å². The third-order valence-corrected chi connectivity index (χ3v) is 6.06. The summed E-state index contributed by atoms with van der Waals surface area (Å²) in [5.41, 5.74) is 4.07. The van der Waals surface area contributed by atoms with Crippen molar-refractivity contribution in [1.82, 2.24) is 25.5 Å². The fraction of sp³-hybridized carbons (Fsp3) is 0.261. The van der Waals surface area contributed by atoms with E-state index in [1.54, 1.807) is 11.7 Å². The quantitative estimate of drug-likeness (QED) is 0.466. The van der Waals surface area contributed by atoms with E-state index in [1.807, 2.05) is 42.5 Å². The van der Waals surface area contributed by atoms with Crippen LogP contribution in [0.1, 0.15) is 29.0 Å². The Balaban J connectivity index is 1.29. The number of hydrogen-bond donors (Lipinski definition) is 1. The molecule has 3 heterocycles. The Morgan fingerprint density at radius 2 is 1.97 bits per heavy atom. The number of Topliss-reactive ketones (excluding diaryl/α,β-unsaturated/α-hetero) is 1. The van der Waals surface area contributed by atoms with Crippen molar-refractivity contribution in [3.8, 4) is 16.3 Å². The molecule has 31 heavy (non-hydrogen) atoms. The maximum absolute atomic E-state index is 12.8. The molecule has 2 aromatic carbocycles. The molecular formula is C23H21N5O2S. The number of benzene rings is 2. The molecule has 1 aliphatic heterocycles. The van der Waals surface area contributed by atoms with Crippen LogP contribution in [0.4, 0.5) is 0 Å². The van der Waals surface area contributed by atoms with Crippen LogP contribution in [0.25, 0.3) is 21.5 Å². The molecule has 1 fully saturated rings. The van der Waals surface area contributed by atoms with Gasteiger partial charge in [-0.15, -0.1) is 10.2 Å². The first-order valence-corrected chi connectivity index (χ1v) is 11.2. The van der Waals surface area contributed by atoms with E-state index in [0.29, 0.717) is 11.4 Å². The molecule has 0 unspecified atom stereocenters. The summed E-state index contributed by atoms with van der Waals surface area (Å²) in [5.74, 6) is 1.28. The molecular weight excluding hydrogens is 410 g/mol. The van der Waals surface area contributed by atoms with Crippen LogP contribution in [0.15, 0.2) is 54.2 Å². The third-order valence-electron chi connectivity index (χ3n) is 5.32. The number of ketones is 1. The lowest BCUT2D eigenvalue weighted by Gasteiger charge is -2.23. The smallest absolute Gasteiger partial charge is 0.170 e. The average Bonchev–Trinajstić information content (AvgIpc) is 3.35. The highest BCUT2D eigenvalue weighted by Gasteiger charge is 2.15. The zero-order valence-electron chi connectivity index (χ0n) is 16.8. The van der Waals surface area contributed by atoms with Crippen molar-refractivity contribution >= 4 is 28.0 Å². The van der Waals surface area contributed by atoms with Gasteiger partial charge in [0.2, 0.25) is 0 Å². The van der Waals surface area contributed by atoms with Crippen LogP contribution in [0.2, 0.25) is 0 Å². The van der Waals surface area contributed by atoms with Gasteiger partial charge >= 0.3 is 0 Å². The van der Waals surface area contributed by atoms with Crippen LogP contribution < -0.4 is 10.1 Å². The standard InChI is InChI=1S/C23H21N5O2S/c29-21(15-3-5-18(6-4-15)30-19-7-9-24-10-8-19)12-22-25-13-17-2-1-16(11-20(17)27-22)23-28-26-14-31-23/h1-6,11,13-14,19,24H,7-10,12H2. The molecule has 156 valence electrons. The number of aromatic nitrogens is 4. The number of nitrogens with zero attached hydrogens (tertiary/aromatic N) is 4. The van der Waals surface area contributed by atoms with Crippen molar-refractivity contribution in [3.63, 3.8) is 0 Å². The second-order valence-corrected chi connectivity index (χ2v) is 8.33. The van der Waals surface area contributed by atoms with Gasteiger partial charge in [0.05, 0.1) is 11.9 Å². The van der Waals surface area contributed by atoms with Gasteiger partial charge in [0.1, 0.15) is 28.2 Å². The van der Waals surface area contributed by atoms with Crippen molar-refractivity contribution in [2.75, 3.05) is 13.1 Å². The fourth-order valence-corrected chi connectivity index (χ4v) is 4.20. The highest BCUT2D eigenvalue weighted by Crippen LogP contribution is 2.24. The van der Waals surface area contributed by atoms with Gasteiger partial charge in [-0.25, -0.2) is 9.97 Å². The minimum Gasteiger partial charge on any atom is -0.490 e. The molecule has 1 saturated heterocycles. The predicted octanol–water partition coefficient (Wildman–Crippen LogP) is 3.70. The summed E-state index contributed by atoms with van der Waals surface area (Å²) in [6, 6.07) is 13.2. The Labute approximate surface area is 183 Å². The maximum Gasteiger partial charge on any atom is 0.170 e. The van der Waals surface area contributed by atoms with Gasteiger partial charge in [0, 0.05) is 22.7 Å². The molecule has 5 rings (SSSR count). The second kappa shape index (κ2) is 8.87. The Hall–Kier alpha value is -3.23. The van der Waals surface area contributed by atoms with E-state index in [9.17, 15) is 4.79 Å². The van der Waals surface area contributed by atoms with Crippen LogP contribution >= 0.6 is 11.3 Å². The Morgan fingerprint density at radius 3 is 2.74 bits per heavy atom. The molecule has 4 aromatic rings. The first kappa shape index (κ1) is 19.7. The number of piperidine rings is 1. The minimum absolute atomic E-state index is 0.0203. The Bertz CT molecular complexity index is 1190. The number of nitrogens with one attached hydrogen (secondary N) is 1. The van der Waals surface area contributed by atoms with Crippen LogP contribution in [-0.2, 0) is 6.42 Å². The van der Waals surface area contributed by atoms with Crippen molar-refractivity contribution in [3.05, 3.63) is 65.6 Å². The topological polar surface area (TPSA) is 89.9 Å². The van der Waals surface area contributed by atoms with E-state index in [2.05, 4.69) is 25.5 Å². The van der Waals surface area contributed by atoms with Crippen LogP contribution in [0, 0.1) is 0 Å².